The second-order valence-electron chi connectivity index (χ2n) is 7.41. The molecular weight excluding hydrogens is 306 g/mol. The van der Waals surface area contributed by atoms with Crippen LogP contribution in [-0.2, 0) is 0 Å². The number of nitro groups is 1. The summed E-state index contributed by atoms with van der Waals surface area (Å²) in [7, 11) is 2.03. The van der Waals surface area contributed by atoms with Crippen LogP contribution < -0.4 is 16.8 Å². The molecule has 2 fully saturated rings. The highest BCUT2D eigenvalue weighted by molar-refractivity contribution is 5.05. The highest BCUT2D eigenvalue weighted by atomic mass is 16.6. The van der Waals surface area contributed by atoms with E-state index in [1.807, 2.05) is 7.05 Å². The van der Waals surface area contributed by atoms with E-state index in [1.54, 1.807) is 6.20 Å². The summed E-state index contributed by atoms with van der Waals surface area (Å²) < 4.78 is 0. The number of likely N-dealkylation sites (N-methyl/N-ethyl adjacent to an activating group) is 1. The van der Waals surface area contributed by atoms with E-state index in [2.05, 4.69) is 10.2 Å². The first-order chi connectivity index (χ1) is 11.5. The first-order valence-electron chi connectivity index (χ1n) is 9.26. The Balaban J connectivity index is 1.80. The van der Waals surface area contributed by atoms with Crippen LogP contribution in [0.5, 0.6) is 0 Å². The average Bonchev–Trinajstić information content (AvgIpc) is 2.56. The molecule has 7 nitrogen and oxygen atoms in total. The molecule has 24 heavy (non-hydrogen) atoms. The van der Waals surface area contributed by atoms with Crippen LogP contribution in [0.25, 0.3) is 0 Å². The highest BCUT2D eigenvalue weighted by Gasteiger charge is 2.31. The van der Waals surface area contributed by atoms with Crippen molar-refractivity contribution in [2.45, 2.75) is 69.5 Å². The topological polar surface area (TPSA) is 110 Å². The van der Waals surface area contributed by atoms with Crippen molar-refractivity contribution in [2.24, 2.45) is 17.4 Å². The molecule has 1 aliphatic heterocycles. The molecule has 138 valence electrons. The molecule has 0 bridgehead atoms. The summed E-state index contributed by atoms with van der Waals surface area (Å²) in [6, 6.07) is 0.254. The zero-order chi connectivity index (χ0) is 17.5. The second kappa shape index (κ2) is 9.22. The summed E-state index contributed by atoms with van der Waals surface area (Å²) in [5.41, 5.74) is 13.3. The van der Waals surface area contributed by atoms with E-state index < -0.39 is 0 Å². The number of rotatable bonds is 7. The van der Waals surface area contributed by atoms with Gasteiger partial charge in [-0.25, -0.2) is 0 Å². The van der Waals surface area contributed by atoms with Gasteiger partial charge < -0.3 is 21.7 Å². The second-order valence-corrected chi connectivity index (χ2v) is 7.41. The predicted molar refractivity (Wildman–Crippen MR) is 95.9 cm³/mol. The lowest BCUT2D eigenvalue weighted by Gasteiger charge is -2.34. The number of nitrogens with two attached hydrogens (primary N) is 2. The molecule has 0 amide bonds. The molecule has 1 heterocycles. The summed E-state index contributed by atoms with van der Waals surface area (Å²) in [6.07, 6.45) is 9.35. The van der Waals surface area contributed by atoms with Gasteiger partial charge in [0, 0.05) is 61.3 Å². The lowest BCUT2D eigenvalue weighted by Crippen LogP contribution is -2.44. The number of nitrogens with zero attached hydrogens (tertiary/aromatic N) is 2. The van der Waals surface area contributed by atoms with Gasteiger partial charge in [-0.3, -0.25) is 10.1 Å². The number of hydrogen-bond acceptors (Lipinski definition) is 6. The minimum Gasteiger partial charge on any atom is -0.403 e. The van der Waals surface area contributed by atoms with Gasteiger partial charge in [0.1, 0.15) is 0 Å². The zero-order valence-electron chi connectivity index (χ0n) is 14.8. The Morgan fingerprint density at radius 3 is 2.58 bits per heavy atom. The Morgan fingerprint density at radius 1 is 1.33 bits per heavy atom. The smallest absolute Gasteiger partial charge is 0.213 e. The van der Waals surface area contributed by atoms with Gasteiger partial charge in [0.25, 0.3) is 0 Å². The molecule has 1 saturated heterocycles. The van der Waals surface area contributed by atoms with E-state index in [-0.39, 0.29) is 17.0 Å². The Morgan fingerprint density at radius 2 is 2.04 bits per heavy atom. The van der Waals surface area contributed by atoms with Gasteiger partial charge in [0.2, 0.25) is 6.04 Å². The standard InChI is InChI=1S/C17H33N5O2/c1-21(12-14(19)10-15-4-2-3-9-20-15)17(11-18)13-5-7-16(8-6-13)22(23)24/h11,13-16,20H,2-10,12,18-19H2,1H3/b17-11-/t13?,14-,15?,16?/m1/s1. The summed E-state index contributed by atoms with van der Waals surface area (Å²) in [6.45, 7) is 1.87. The van der Waals surface area contributed by atoms with Crippen molar-refractivity contribution in [2.75, 3.05) is 20.1 Å². The number of hydrogen-bond donors (Lipinski definition) is 3. The normalized spacial score (nSPS) is 29.9. The minimum atomic E-state index is -0.384. The van der Waals surface area contributed by atoms with Gasteiger partial charge >= 0.3 is 0 Å². The first-order valence-corrected chi connectivity index (χ1v) is 9.26. The van der Waals surface area contributed by atoms with E-state index in [9.17, 15) is 10.1 Å². The van der Waals surface area contributed by atoms with Crippen molar-refractivity contribution in [3.63, 3.8) is 0 Å². The van der Waals surface area contributed by atoms with E-state index in [0.29, 0.717) is 24.8 Å². The van der Waals surface area contributed by atoms with E-state index in [4.69, 9.17) is 11.5 Å². The van der Waals surface area contributed by atoms with Crippen molar-refractivity contribution < 1.29 is 4.92 Å². The number of nitrogens with one attached hydrogen (secondary N) is 1. The largest absolute Gasteiger partial charge is 0.403 e. The summed E-state index contributed by atoms with van der Waals surface area (Å²) in [5.74, 6) is 0.316. The van der Waals surface area contributed by atoms with Gasteiger partial charge in [0.05, 0.1) is 0 Å². The van der Waals surface area contributed by atoms with Crippen LogP contribution in [0.2, 0.25) is 0 Å². The van der Waals surface area contributed by atoms with Crippen LogP contribution >= 0.6 is 0 Å². The van der Waals surface area contributed by atoms with E-state index >= 15 is 0 Å². The van der Waals surface area contributed by atoms with Crippen molar-refractivity contribution in [3.8, 4) is 0 Å². The van der Waals surface area contributed by atoms with Crippen molar-refractivity contribution in [3.05, 3.63) is 22.0 Å². The lowest BCUT2D eigenvalue weighted by atomic mass is 9.84. The van der Waals surface area contributed by atoms with Crippen LogP contribution in [-0.4, -0.2) is 48.1 Å². The molecule has 2 atom stereocenters. The lowest BCUT2D eigenvalue weighted by molar-refractivity contribution is -0.526. The monoisotopic (exact) mass is 339 g/mol. The minimum absolute atomic E-state index is 0.107. The predicted octanol–water partition coefficient (Wildman–Crippen LogP) is 1.41. The maximum Gasteiger partial charge on any atom is 0.213 e. The Labute approximate surface area is 145 Å². The Hall–Kier alpha value is -1.34. The number of piperidine rings is 1. The fraction of sp³-hybridized carbons (Fsp3) is 0.882. The Kier molecular flexibility index (Phi) is 7.30. The van der Waals surface area contributed by atoms with Crippen molar-refractivity contribution in [1.29, 1.82) is 0 Å². The molecule has 1 aliphatic carbocycles. The fourth-order valence-corrected chi connectivity index (χ4v) is 4.18. The van der Waals surface area contributed by atoms with Crippen LogP contribution in [0.3, 0.4) is 0 Å². The summed E-state index contributed by atoms with van der Waals surface area (Å²) >= 11 is 0. The SMILES string of the molecule is CN(C[C@H](N)CC1CCCCN1)/C(=C\N)C1CCC([N+](=O)[O-])CC1. The average molecular weight is 339 g/mol. The van der Waals surface area contributed by atoms with Crippen LogP contribution in [0.1, 0.15) is 51.4 Å². The van der Waals surface area contributed by atoms with Crippen LogP contribution in [0, 0.1) is 16.0 Å². The summed E-state index contributed by atoms with van der Waals surface area (Å²) in [4.78, 5) is 12.9. The molecule has 2 aliphatic rings. The molecule has 0 aromatic carbocycles. The van der Waals surface area contributed by atoms with E-state index in [0.717, 1.165) is 38.0 Å². The molecule has 1 saturated carbocycles. The molecular formula is C17H33N5O2. The molecule has 0 aromatic rings. The van der Waals surface area contributed by atoms with Gasteiger partial charge in [-0.1, -0.05) is 6.42 Å². The molecule has 0 spiro atoms. The van der Waals surface area contributed by atoms with Crippen molar-refractivity contribution >= 4 is 0 Å². The molecule has 1 unspecified atom stereocenters. The molecule has 2 rings (SSSR count). The Bertz CT molecular complexity index is 429. The third kappa shape index (κ3) is 5.34. The van der Waals surface area contributed by atoms with Crippen LogP contribution in [0.15, 0.2) is 11.9 Å². The van der Waals surface area contributed by atoms with E-state index in [1.165, 1.54) is 19.3 Å². The van der Waals surface area contributed by atoms with Gasteiger partial charge in [-0.15, -0.1) is 0 Å². The summed E-state index contributed by atoms with van der Waals surface area (Å²) in [5, 5.41) is 14.4. The molecule has 0 radical (unpaired) electrons. The maximum atomic E-state index is 10.9. The van der Waals surface area contributed by atoms with Crippen molar-refractivity contribution in [1.82, 2.24) is 10.2 Å². The first kappa shape index (κ1) is 19.0. The molecule has 0 aromatic heterocycles. The zero-order valence-corrected chi connectivity index (χ0v) is 14.8. The highest BCUT2D eigenvalue weighted by Crippen LogP contribution is 2.32. The van der Waals surface area contributed by atoms with Gasteiger partial charge in [-0.2, -0.15) is 0 Å². The number of allylic oxidation sites excluding steroid dienone is 1. The van der Waals surface area contributed by atoms with Gasteiger partial charge in [0.15, 0.2) is 0 Å². The molecule has 7 heteroatoms. The third-order valence-electron chi connectivity index (χ3n) is 5.53. The quantitative estimate of drug-likeness (QED) is 0.478. The third-order valence-corrected chi connectivity index (χ3v) is 5.53. The maximum absolute atomic E-state index is 10.9. The fourth-order valence-electron chi connectivity index (χ4n) is 4.18. The van der Waals surface area contributed by atoms with Gasteiger partial charge in [-0.05, 0) is 38.6 Å². The molecule has 5 N–H and O–H groups in total. The van der Waals surface area contributed by atoms with Crippen LogP contribution in [0.4, 0.5) is 0 Å².